The Labute approximate surface area is 191 Å². The van der Waals surface area contributed by atoms with Crippen LogP contribution in [0.1, 0.15) is 37.6 Å². The molecule has 1 atom stereocenters. The Morgan fingerprint density at radius 1 is 1.18 bits per heavy atom. The van der Waals surface area contributed by atoms with Crippen molar-refractivity contribution >= 4 is 12.1 Å². The second-order valence-corrected chi connectivity index (χ2v) is 8.80. The molecule has 1 aromatic heterocycles. The number of carbonyl (C=O) groups is 2. The van der Waals surface area contributed by atoms with E-state index < -0.39 is 35.0 Å². The number of ether oxygens (including phenoxy) is 3. The molecule has 10 nitrogen and oxygen atoms in total. The predicted octanol–water partition coefficient (Wildman–Crippen LogP) is 1.22. The quantitative estimate of drug-likeness (QED) is 0.668. The van der Waals surface area contributed by atoms with Gasteiger partial charge in [-0.3, -0.25) is 9.36 Å². The molecule has 2 aromatic rings. The summed E-state index contributed by atoms with van der Waals surface area (Å²) in [6.07, 6.45) is -0.0897. The van der Waals surface area contributed by atoms with Crippen molar-refractivity contribution in [3.8, 4) is 5.69 Å². The van der Waals surface area contributed by atoms with Crippen molar-refractivity contribution < 1.29 is 23.8 Å². The molecule has 1 N–H and O–H groups in total. The highest BCUT2D eigenvalue weighted by atomic mass is 16.6. The number of carbonyl (C=O) groups excluding carboxylic acids is 2. The van der Waals surface area contributed by atoms with Gasteiger partial charge in [-0.2, -0.15) is 0 Å². The number of hydrogen-bond donors (Lipinski definition) is 1. The molecule has 2 heterocycles. The average Bonchev–Trinajstić information content (AvgIpc) is 2.76. The number of amides is 1. The molecule has 0 saturated carbocycles. The Bertz CT molecular complexity index is 1160. The van der Waals surface area contributed by atoms with Crippen molar-refractivity contribution in [1.29, 1.82) is 0 Å². The largest absolute Gasteiger partial charge is 0.467 e. The van der Waals surface area contributed by atoms with Crippen LogP contribution in [0.2, 0.25) is 0 Å². The first-order valence-corrected chi connectivity index (χ1v) is 10.6. The van der Waals surface area contributed by atoms with Crippen molar-refractivity contribution in [1.82, 2.24) is 14.5 Å². The summed E-state index contributed by atoms with van der Waals surface area (Å²) in [4.78, 5) is 50.1. The summed E-state index contributed by atoms with van der Waals surface area (Å²) >= 11 is 0. The van der Waals surface area contributed by atoms with E-state index in [1.807, 2.05) is 0 Å². The van der Waals surface area contributed by atoms with Crippen LogP contribution in [-0.2, 0) is 45.5 Å². The molecule has 10 heteroatoms. The van der Waals surface area contributed by atoms with Gasteiger partial charge in [0.2, 0.25) is 0 Å². The van der Waals surface area contributed by atoms with E-state index in [0.717, 1.165) is 4.57 Å². The van der Waals surface area contributed by atoms with Gasteiger partial charge in [-0.15, -0.1) is 0 Å². The van der Waals surface area contributed by atoms with E-state index in [-0.39, 0.29) is 13.0 Å². The number of esters is 1. The molecule has 1 amide bonds. The summed E-state index contributed by atoms with van der Waals surface area (Å²) in [6.45, 7) is 5.79. The second kappa shape index (κ2) is 9.62. The monoisotopic (exact) mass is 459 g/mol. The van der Waals surface area contributed by atoms with Crippen molar-refractivity contribution in [3.63, 3.8) is 0 Å². The van der Waals surface area contributed by atoms with E-state index in [9.17, 15) is 19.2 Å². The minimum atomic E-state index is -0.966. The lowest BCUT2D eigenvalue weighted by atomic mass is 10.1. The number of hydrogen-bond acceptors (Lipinski definition) is 7. The van der Waals surface area contributed by atoms with Crippen LogP contribution < -0.4 is 16.6 Å². The summed E-state index contributed by atoms with van der Waals surface area (Å²) in [7, 11) is 2.87. The Morgan fingerprint density at radius 2 is 1.85 bits per heavy atom. The number of nitrogens with zero attached hydrogens (tertiary/aromatic N) is 2. The molecule has 0 unspecified atom stereocenters. The van der Waals surface area contributed by atoms with Crippen LogP contribution in [-0.4, -0.2) is 46.6 Å². The van der Waals surface area contributed by atoms with E-state index >= 15 is 0 Å². The van der Waals surface area contributed by atoms with Crippen LogP contribution in [0, 0.1) is 0 Å². The summed E-state index contributed by atoms with van der Waals surface area (Å²) < 4.78 is 18.0. The average molecular weight is 459 g/mol. The first-order valence-electron chi connectivity index (χ1n) is 10.6. The van der Waals surface area contributed by atoms with Crippen molar-refractivity contribution in [3.05, 3.63) is 61.9 Å². The lowest BCUT2D eigenvalue weighted by Crippen LogP contribution is -2.45. The van der Waals surface area contributed by atoms with E-state index in [1.54, 1.807) is 52.1 Å². The molecule has 0 fully saturated rings. The molecule has 1 aromatic carbocycles. The van der Waals surface area contributed by atoms with Crippen molar-refractivity contribution in [2.24, 2.45) is 7.05 Å². The zero-order valence-electron chi connectivity index (χ0n) is 19.5. The number of benzene rings is 1. The highest BCUT2D eigenvalue weighted by molar-refractivity contribution is 5.81. The van der Waals surface area contributed by atoms with Crippen LogP contribution >= 0.6 is 0 Å². The maximum atomic E-state index is 13.0. The standard InChI is InChI=1S/C23H29N3O7/c1-23(2,3)33-21(29)24-17(20(28)31-5)12-14-6-8-15(9-7-14)26-19(27)16-13-32-11-10-18(16)25(4)22(26)30/h6-9,17H,10-13H2,1-5H3,(H,24,29)/t17-/m0/s1. The molecular weight excluding hydrogens is 430 g/mol. The third kappa shape index (κ3) is 5.51. The molecule has 3 rings (SSSR count). The fraction of sp³-hybridized carbons (Fsp3) is 0.478. The van der Waals surface area contributed by atoms with Crippen LogP contribution in [0.15, 0.2) is 33.9 Å². The maximum Gasteiger partial charge on any atom is 0.408 e. The molecule has 33 heavy (non-hydrogen) atoms. The summed E-state index contributed by atoms with van der Waals surface area (Å²) in [5.41, 5.74) is 0.694. The molecule has 1 aliphatic rings. The summed E-state index contributed by atoms with van der Waals surface area (Å²) in [6, 6.07) is 5.65. The van der Waals surface area contributed by atoms with E-state index in [4.69, 9.17) is 14.2 Å². The number of aromatic nitrogens is 2. The number of nitrogens with one attached hydrogen (secondary N) is 1. The number of fused-ring (bicyclic) bond motifs is 1. The zero-order valence-corrected chi connectivity index (χ0v) is 19.5. The van der Waals surface area contributed by atoms with Gasteiger partial charge >= 0.3 is 17.8 Å². The Morgan fingerprint density at radius 3 is 2.45 bits per heavy atom. The van der Waals surface area contributed by atoms with Gasteiger partial charge in [0.05, 0.1) is 31.6 Å². The normalized spacial score (nSPS) is 14.2. The fourth-order valence-electron chi connectivity index (χ4n) is 3.65. The maximum absolute atomic E-state index is 13.0. The van der Waals surface area contributed by atoms with Gasteiger partial charge < -0.3 is 19.5 Å². The molecular formula is C23H29N3O7. The predicted molar refractivity (Wildman–Crippen MR) is 120 cm³/mol. The lowest BCUT2D eigenvalue weighted by Gasteiger charge is -2.23. The van der Waals surface area contributed by atoms with Crippen LogP contribution in [0.25, 0.3) is 5.69 Å². The minimum absolute atomic E-state index is 0.136. The molecule has 0 spiro atoms. The Kier molecular flexibility index (Phi) is 7.06. The molecule has 0 radical (unpaired) electrons. The Hall–Kier alpha value is -3.40. The van der Waals surface area contributed by atoms with Gasteiger partial charge in [0.15, 0.2) is 0 Å². The highest BCUT2D eigenvalue weighted by Crippen LogP contribution is 2.14. The van der Waals surface area contributed by atoms with Crippen LogP contribution in [0.5, 0.6) is 0 Å². The molecule has 1 aliphatic heterocycles. The van der Waals surface area contributed by atoms with E-state index in [2.05, 4.69) is 5.32 Å². The molecule has 0 saturated heterocycles. The third-order valence-corrected chi connectivity index (χ3v) is 5.23. The van der Waals surface area contributed by atoms with E-state index in [0.29, 0.717) is 35.5 Å². The third-order valence-electron chi connectivity index (χ3n) is 5.23. The van der Waals surface area contributed by atoms with Crippen LogP contribution in [0.3, 0.4) is 0 Å². The topological polar surface area (TPSA) is 118 Å². The number of rotatable bonds is 5. The lowest BCUT2D eigenvalue weighted by molar-refractivity contribution is -0.143. The molecule has 178 valence electrons. The second-order valence-electron chi connectivity index (χ2n) is 8.80. The van der Waals surface area contributed by atoms with Crippen molar-refractivity contribution in [2.75, 3.05) is 13.7 Å². The molecule has 0 aliphatic carbocycles. The Balaban J connectivity index is 1.86. The van der Waals surface area contributed by atoms with E-state index in [1.165, 1.54) is 11.7 Å². The highest BCUT2D eigenvalue weighted by Gasteiger charge is 2.26. The van der Waals surface area contributed by atoms with Crippen molar-refractivity contribution in [2.45, 2.75) is 51.9 Å². The first-order chi connectivity index (χ1) is 15.5. The summed E-state index contributed by atoms with van der Waals surface area (Å²) in [5, 5.41) is 2.52. The summed E-state index contributed by atoms with van der Waals surface area (Å²) in [5.74, 6) is -0.621. The van der Waals surface area contributed by atoms with Gasteiger partial charge in [-0.1, -0.05) is 12.1 Å². The van der Waals surface area contributed by atoms with Gasteiger partial charge in [0, 0.05) is 25.6 Å². The fourth-order valence-corrected chi connectivity index (χ4v) is 3.65. The van der Waals surface area contributed by atoms with Gasteiger partial charge in [0.1, 0.15) is 11.6 Å². The van der Waals surface area contributed by atoms with Gasteiger partial charge in [-0.05, 0) is 38.5 Å². The first kappa shape index (κ1) is 24.2. The van der Waals surface area contributed by atoms with Crippen LogP contribution in [0.4, 0.5) is 4.79 Å². The van der Waals surface area contributed by atoms with Gasteiger partial charge in [-0.25, -0.2) is 19.0 Å². The number of methoxy groups -OCH3 is 1. The van der Waals surface area contributed by atoms with Gasteiger partial charge in [0.25, 0.3) is 5.56 Å². The zero-order chi connectivity index (χ0) is 24.3. The smallest absolute Gasteiger partial charge is 0.408 e. The SMILES string of the molecule is COC(=O)[C@H](Cc1ccc(-n2c(=O)c3c(n(C)c2=O)CCOC3)cc1)NC(=O)OC(C)(C)C. The molecule has 0 bridgehead atoms. The minimum Gasteiger partial charge on any atom is -0.467 e. The number of alkyl carbamates (subject to hydrolysis) is 1.